The number of benzene rings is 1. The van der Waals surface area contributed by atoms with Crippen molar-refractivity contribution in [2.75, 3.05) is 11.9 Å². The Morgan fingerprint density at radius 2 is 1.92 bits per heavy atom. The van der Waals surface area contributed by atoms with Gasteiger partial charge in [-0.1, -0.05) is 12.1 Å². The molecular formula is C17H18N2O5. The summed E-state index contributed by atoms with van der Waals surface area (Å²) >= 11 is 0. The zero-order chi connectivity index (χ0) is 17.9. The molecule has 24 heavy (non-hydrogen) atoms. The van der Waals surface area contributed by atoms with E-state index in [2.05, 4.69) is 5.32 Å². The van der Waals surface area contributed by atoms with Crippen molar-refractivity contribution in [3.05, 3.63) is 46.7 Å². The van der Waals surface area contributed by atoms with Crippen LogP contribution in [0.25, 0.3) is 0 Å². The summed E-state index contributed by atoms with van der Waals surface area (Å²) in [6, 6.07) is 7.22. The molecule has 1 aromatic carbocycles. The fourth-order valence-electron chi connectivity index (χ4n) is 2.31. The molecule has 0 fully saturated rings. The summed E-state index contributed by atoms with van der Waals surface area (Å²) < 4.78 is 10.7. The number of carbonyl (C=O) groups excluding carboxylic acids is 3. The van der Waals surface area contributed by atoms with Gasteiger partial charge in [-0.3, -0.25) is 19.7 Å². The molecule has 0 radical (unpaired) electrons. The van der Waals surface area contributed by atoms with Gasteiger partial charge in [-0.15, -0.1) is 0 Å². The van der Waals surface area contributed by atoms with Crippen molar-refractivity contribution in [2.45, 2.75) is 20.8 Å². The maximum absolute atomic E-state index is 12.0. The van der Waals surface area contributed by atoms with E-state index in [0.29, 0.717) is 5.75 Å². The first-order chi connectivity index (χ1) is 11.3. The highest BCUT2D eigenvalue weighted by Crippen LogP contribution is 2.27. The third-order valence-corrected chi connectivity index (χ3v) is 3.30. The third-order valence-electron chi connectivity index (χ3n) is 3.30. The van der Waals surface area contributed by atoms with Crippen molar-refractivity contribution in [1.82, 2.24) is 0 Å². The molecule has 0 bridgehead atoms. The lowest BCUT2D eigenvalue weighted by Crippen LogP contribution is -2.23. The minimum Gasteiger partial charge on any atom is -0.484 e. The van der Waals surface area contributed by atoms with Gasteiger partial charge in [-0.05, 0) is 38.5 Å². The first-order valence-corrected chi connectivity index (χ1v) is 7.23. The number of anilines is 1. The molecule has 0 spiro atoms. The Kier molecular flexibility index (Phi) is 5.03. The second-order valence-electron chi connectivity index (χ2n) is 5.31. The molecule has 0 atom stereocenters. The highest BCUT2D eigenvalue weighted by molar-refractivity contribution is 6.12. The monoisotopic (exact) mass is 330 g/mol. The second kappa shape index (κ2) is 6.99. The number of primary amides is 1. The molecule has 0 aliphatic heterocycles. The lowest BCUT2D eigenvalue weighted by molar-refractivity contribution is -0.118. The van der Waals surface area contributed by atoms with Gasteiger partial charge in [0.2, 0.25) is 5.88 Å². The van der Waals surface area contributed by atoms with Gasteiger partial charge in [0.1, 0.15) is 17.1 Å². The standard InChI is InChI=1S/C17H18N2O5/c1-9-5-4-6-12(7-9)23-8-13(21)19-17-15(16(18)22)14(10(2)20)11(3)24-17/h4-7H,8H2,1-3H3,(H2,18,22)(H,19,21). The Balaban J connectivity index is 2.13. The lowest BCUT2D eigenvalue weighted by atomic mass is 10.1. The van der Waals surface area contributed by atoms with Crippen LogP contribution in [0, 0.1) is 13.8 Å². The molecule has 0 aliphatic rings. The molecule has 2 aromatic rings. The van der Waals surface area contributed by atoms with Crippen molar-refractivity contribution in [1.29, 1.82) is 0 Å². The molecule has 0 unspecified atom stereocenters. The number of carbonyl (C=O) groups is 3. The largest absolute Gasteiger partial charge is 0.484 e. The van der Waals surface area contributed by atoms with E-state index < -0.39 is 11.8 Å². The van der Waals surface area contributed by atoms with Crippen LogP contribution >= 0.6 is 0 Å². The van der Waals surface area contributed by atoms with Gasteiger partial charge < -0.3 is 14.9 Å². The highest BCUT2D eigenvalue weighted by atomic mass is 16.5. The van der Waals surface area contributed by atoms with Crippen LogP contribution in [-0.2, 0) is 4.79 Å². The molecule has 0 aliphatic carbocycles. The number of nitrogens with one attached hydrogen (secondary N) is 1. The Bertz CT molecular complexity index is 807. The summed E-state index contributed by atoms with van der Waals surface area (Å²) in [7, 11) is 0. The number of nitrogens with two attached hydrogens (primary N) is 1. The Hall–Kier alpha value is -3.09. The van der Waals surface area contributed by atoms with Crippen LogP contribution in [0.1, 0.15) is 39.0 Å². The van der Waals surface area contributed by atoms with Gasteiger partial charge in [-0.2, -0.15) is 0 Å². The number of hydrogen-bond donors (Lipinski definition) is 2. The van der Waals surface area contributed by atoms with E-state index in [0.717, 1.165) is 5.56 Å². The normalized spacial score (nSPS) is 10.3. The third kappa shape index (κ3) is 3.81. The topological polar surface area (TPSA) is 112 Å². The molecule has 7 heteroatoms. The number of amides is 2. The molecular weight excluding hydrogens is 312 g/mol. The van der Waals surface area contributed by atoms with E-state index in [1.54, 1.807) is 12.1 Å². The van der Waals surface area contributed by atoms with Gasteiger partial charge in [0, 0.05) is 0 Å². The first kappa shape index (κ1) is 17.3. The Morgan fingerprint density at radius 3 is 2.50 bits per heavy atom. The van der Waals surface area contributed by atoms with Gasteiger partial charge >= 0.3 is 0 Å². The molecule has 126 valence electrons. The highest BCUT2D eigenvalue weighted by Gasteiger charge is 2.26. The van der Waals surface area contributed by atoms with Crippen LogP contribution in [0.3, 0.4) is 0 Å². The molecule has 2 rings (SSSR count). The van der Waals surface area contributed by atoms with Crippen molar-refractivity contribution in [3.63, 3.8) is 0 Å². The van der Waals surface area contributed by atoms with E-state index in [-0.39, 0.29) is 35.2 Å². The number of hydrogen-bond acceptors (Lipinski definition) is 5. The van der Waals surface area contributed by atoms with Gasteiger partial charge in [0.15, 0.2) is 12.4 Å². The van der Waals surface area contributed by atoms with E-state index in [9.17, 15) is 14.4 Å². The average Bonchev–Trinajstić information content (AvgIpc) is 2.81. The summed E-state index contributed by atoms with van der Waals surface area (Å²) in [5, 5.41) is 2.41. The fourth-order valence-corrected chi connectivity index (χ4v) is 2.31. The van der Waals surface area contributed by atoms with Crippen molar-refractivity contribution < 1.29 is 23.5 Å². The van der Waals surface area contributed by atoms with Crippen molar-refractivity contribution in [3.8, 4) is 5.75 Å². The number of ketones is 1. The lowest BCUT2D eigenvalue weighted by Gasteiger charge is -2.07. The molecule has 2 amide bonds. The summed E-state index contributed by atoms with van der Waals surface area (Å²) in [6.07, 6.45) is 0. The van der Waals surface area contributed by atoms with E-state index >= 15 is 0 Å². The maximum Gasteiger partial charge on any atom is 0.264 e. The molecule has 3 N–H and O–H groups in total. The average molecular weight is 330 g/mol. The van der Waals surface area contributed by atoms with Crippen LogP contribution in [0.5, 0.6) is 5.75 Å². The smallest absolute Gasteiger partial charge is 0.264 e. The molecule has 7 nitrogen and oxygen atoms in total. The van der Waals surface area contributed by atoms with Crippen LogP contribution in [0.4, 0.5) is 5.88 Å². The predicted octanol–water partition coefficient (Wildman–Crippen LogP) is 2.22. The Morgan fingerprint density at radius 1 is 1.21 bits per heavy atom. The molecule has 0 saturated heterocycles. The van der Waals surface area contributed by atoms with E-state index in [4.69, 9.17) is 14.9 Å². The summed E-state index contributed by atoms with van der Waals surface area (Å²) in [5.41, 5.74) is 6.22. The zero-order valence-corrected chi connectivity index (χ0v) is 13.6. The maximum atomic E-state index is 12.0. The van der Waals surface area contributed by atoms with E-state index in [1.807, 2.05) is 19.1 Å². The van der Waals surface area contributed by atoms with Gasteiger partial charge in [0.25, 0.3) is 11.8 Å². The number of rotatable bonds is 6. The number of Topliss-reactive ketones (excluding diaryl/α,β-unsaturated/α-hetero) is 1. The zero-order valence-electron chi connectivity index (χ0n) is 13.6. The SMILES string of the molecule is CC(=O)c1c(C)oc(NC(=O)COc2cccc(C)c2)c1C(N)=O. The summed E-state index contributed by atoms with van der Waals surface area (Å²) in [6.45, 7) is 4.43. The second-order valence-corrected chi connectivity index (χ2v) is 5.31. The van der Waals surface area contributed by atoms with Crippen molar-refractivity contribution >= 4 is 23.5 Å². The van der Waals surface area contributed by atoms with Crippen LogP contribution in [0.15, 0.2) is 28.7 Å². The van der Waals surface area contributed by atoms with Crippen LogP contribution < -0.4 is 15.8 Å². The number of furan rings is 1. The number of aryl methyl sites for hydroxylation is 2. The molecule has 1 heterocycles. The number of ether oxygens (including phenoxy) is 1. The first-order valence-electron chi connectivity index (χ1n) is 7.23. The Labute approximate surface area is 138 Å². The fraction of sp³-hybridized carbons (Fsp3) is 0.235. The molecule has 1 aromatic heterocycles. The van der Waals surface area contributed by atoms with Gasteiger partial charge in [0.05, 0.1) is 5.56 Å². The van der Waals surface area contributed by atoms with Crippen molar-refractivity contribution in [2.24, 2.45) is 5.73 Å². The minimum absolute atomic E-state index is 0.0670. The quantitative estimate of drug-likeness (QED) is 0.789. The minimum atomic E-state index is -0.855. The predicted molar refractivity (Wildman–Crippen MR) is 87.3 cm³/mol. The van der Waals surface area contributed by atoms with Crippen LogP contribution in [0.2, 0.25) is 0 Å². The summed E-state index contributed by atoms with van der Waals surface area (Å²) in [5.74, 6) is -1.16. The summed E-state index contributed by atoms with van der Waals surface area (Å²) in [4.78, 5) is 35.2. The van der Waals surface area contributed by atoms with Gasteiger partial charge in [-0.25, -0.2) is 0 Å². The molecule has 0 saturated carbocycles. The van der Waals surface area contributed by atoms with E-state index in [1.165, 1.54) is 13.8 Å². The van der Waals surface area contributed by atoms with Crippen LogP contribution in [-0.4, -0.2) is 24.2 Å².